The second-order valence-corrected chi connectivity index (χ2v) is 2.89. The number of hydrogen-bond donors (Lipinski definition) is 1. The molecule has 0 aliphatic heterocycles. The van der Waals surface area contributed by atoms with Crippen molar-refractivity contribution in [3.05, 3.63) is 36.9 Å². The number of amides is 1. The zero-order valence-corrected chi connectivity index (χ0v) is 11.8. The normalized spacial score (nSPS) is 10.2. The summed E-state index contributed by atoms with van der Waals surface area (Å²) in [4.78, 5) is 10.8. The van der Waals surface area contributed by atoms with E-state index in [0.29, 0.717) is 5.69 Å². The predicted molar refractivity (Wildman–Crippen MR) is 54.0 cm³/mol. The zero-order chi connectivity index (χ0) is 11.5. The molecule has 80 valence electrons. The van der Waals surface area contributed by atoms with Crippen LogP contribution in [0.1, 0.15) is 0 Å². The molecule has 1 N–H and O–H groups in total. The van der Waals surface area contributed by atoms with Crippen molar-refractivity contribution < 1.29 is 69.1 Å². The maximum Gasteiger partial charge on any atom is 1.00 e. The molecule has 0 radical (unpaired) electrons. The van der Waals surface area contributed by atoms with Crippen molar-refractivity contribution in [2.24, 2.45) is 0 Å². The number of hydrogen-bond acceptors (Lipinski definition) is 1. The minimum Gasteiger partial charge on any atom is -0.445 e. The number of carbonyl (C=O) groups excluding carboxylic acids is 1. The summed E-state index contributed by atoms with van der Waals surface area (Å²) in [6.45, 7) is -1.76. The van der Waals surface area contributed by atoms with Gasteiger partial charge in [0.2, 0.25) is 5.91 Å². The zero-order valence-electron chi connectivity index (χ0n) is 8.71. The van der Waals surface area contributed by atoms with Crippen LogP contribution in [-0.4, -0.2) is 12.9 Å². The van der Waals surface area contributed by atoms with Gasteiger partial charge in [-0.3, -0.25) is 4.79 Å². The van der Waals surface area contributed by atoms with E-state index in [1.165, 1.54) is 12.1 Å². The molecule has 0 unspecified atom stereocenters. The van der Waals surface area contributed by atoms with Crippen LogP contribution in [0.5, 0.6) is 0 Å². The Bertz CT molecular complexity index is 377. The van der Waals surface area contributed by atoms with Gasteiger partial charge in [-0.25, -0.2) is 0 Å². The number of carbonyl (C=O) groups is 1. The van der Waals surface area contributed by atoms with Crippen molar-refractivity contribution in [2.75, 3.05) is 5.32 Å². The summed E-state index contributed by atoms with van der Waals surface area (Å²) in [6.07, 6.45) is 1.04. The van der Waals surface area contributed by atoms with Gasteiger partial charge in [-0.2, -0.15) is 0 Å². The van der Waals surface area contributed by atoms with Crippen LogP contribution >= 0.6 is 0 Å². The van der Waals surface area contributed by atoms with Gasteiger partial charge in [0.15, 0.2) is 0 Å². The third-order valence-electron chi connectivity index (χ3n) is 1.74. The largest absolute Gasteiger partial charge is 1.00 e. The average Bonchev–Trinajstić information content (AvgIpc) is 2.17. The fourth-order valence-corrected chi connectivity index (χ4v) is 0.978. The van der Waals surface area contributed by atoms with E-state index in [-0.39, 0.29) is 51.4 Å². The molecule has 0 saturated heterocycles. The van der Waals surface area contributed by atoms with E-state index < -0.39 is 18.3 Å². The van der Waals surface area contributed by atoms with Crippen LogP contribution in [0.4, 0.5) is 18.6 Å². The van der Waals surface area contributed by atoms with Gasteiger partial charge in [0.05, 0.1) is 0 Å². The predicted octanol–water partition coefficient (Wildman–Crippen LogP) is -1.13. The molecule has 0 atom stereocenters. The van der Waals surface area contributed by atoms with Gasteiger partial charge >= 0.3 is 58.4 Å². The number of benzene rings is 1. The summed E-state index contributed by atoms with van der Waals surface area (Å²) in [5.74, 6) is -0.458. The third kappa shape index (κ3) is 4.84. The average molecular weight is 253 g/mol. The van der Waals surface area contributed by atoms with Crippen molar-refractivity contribution in [3.8, 4) is 0 Å². The van der Waals surface area contributed by atoms with Gasteiger partial charge in [-0.15, -0.1) is 5.46 Å². The molecular weight excluding hydrogens is 245 g/mol. The van der Waals surface area contributed by atoms with Crippen molar-refractivity contribution in [2.45, 2.75) is 0 Å². The van der Waals surface area contributed by atoms with E-state index in [4.69, 9.17) is 0 Å². The Kier molecular flexibility index (Phi) is 6.57. The number of rotatable bonds is 3. The first kappa shape index (κ1) is 15.9. The Morgan fingerprint density at radius 2 is 1.75 bits per heavy atom. The van der Waals surface area contributed by atoms with Crippen LogP contribution in [0.2, 0.25) is 0 Å². The smallest absolute Gasteiger partial charge is 0.445 e. The standard InChI is InChI=1S/C9H8BF3NO.K/c1-2-9(15)14-8-5-3-7(4-6-8)10(11,12)13;/h2-6H,1H2,(H,14,15);/q-1;+1. The molecule has 0 bridgehead atoms. The molecule has 0 aliphatic rings. The van der Waals surface area contributed by atoms with Crippen LogP contribution in [0.15, 0.2) is 36.9 Å². The first-order valence-corrected chi connectivity index (χ1v) is 4.17. The summed E-state index contributed by atoms with van der Waals surface area (Å²) in [6, 6.07) is 4.26. The Morgan fingerprint density at radius 3 is 2.12 bits per heavy atom. The molecular formula is C9H8BF3KNO. The van der Waals surface area contributed by atoms with Gasteiger partial charge in [0.1, 0.15) is 0 Å². The van der Waals surface area contributed by atoms with Gasteiger partial charge in [-0.1, -0.05) is 18.7 Å². The third-order valence-corrected chi connectivity index (χ3v) is 1.74. The summed E-state index contributed by atoms with van der Waals surface area (Å²) in [5, 5.41) is 2.35. The van der Waals surface area contributed by atoms with Crippen LogP contribution in [-0.2, 0) is 4.79 Å². The first-order valence-electron chi connectivity index (χ1n) is 4.17. The quantitative estimate of drug-likeness (QED) is 0.536. The maximum absolute atomic E-state index is 12.2. The maximum atomic E-state index is 12.2. The van der Waals surface area contributed by atoms with E-state index in [1.54, 1.807) is 0 Å². The van der Waals surface area contributed by atoms with Gasteiger partial charge < -0.3 is 18.3 Å². The molecule has 1 amide bonds. The minimum absolute atomic E-state index is 0. The molecule has 1 aromatic carbocycles. The van der Waals surface area contributed by atoms with Crippen molar-refractivity contribution in [1.82, 2.24) is 0 Å². The fraction of sp³-hybridized carbons (Fsp3) is 0. The monoisotopic (exact) mass is 253 g/mol. The van der Waals surface area contributed by atoms with Crippen molar-refractivity contribution >= 4 is 24.0 Å². The Labute approximate surface area is 134 Å². The fourth-order valence-electron chi connectivity index (χ4n) is 0.978. The molecule has 0 aromatic heterocycles. The van der Waals surface area contributed by atoms with Gasteiger partial charge in [0.25, 0.3) is 0 Å². The minimum atomic E-state index is -4.98. The Morgan fingerprint density at radius 1 is 1.25 bits per heavy atom. The summed E-state index contributed by atoms with van der Waals surface area (Å²) >= 11 is 0. The van der Waals surface area contributed by atoms with E-state index in [9.17, 15) is 17.7 Å². The molecule has 1 rings (SSSR count). The molecule has 2 nitrogen and oxygen atoms in total. The molecule has 7 heteroatoms. The van der Waals surface area contributed by atoms with E-state index in [1.807, 2.05) is 0 Å². The van der Waals surface area contributed by atoms with Crippen LogP contribution in [0, 0.1) is 0 Å². The van der Waals surface area contributed by atoms with E-state index in [2.05, 4.69) is 11.9 Å². The van der Waals surface area contributed by atoms with Crippen molar-refractivity contribution in [3.63, 3.8) is 0 Å². The Hall–Kier alpha value is -0.0787. The molecule has 0 saturated carbocycles. The van der Waals surface area contributed by atoms with E-state index >= 15 is 0 Å². The molecule has 0 heterocycles. The second kappa shape index (κ2) is 6.61. The molecule has 0 aliphatic carbocycles. The molecule has 0 fully saturated rings. The number of nitrogens with one attached hydrogen (secondary N) is 1. The molecule has 1 aromatic rings. The summed E-state index contributed by atoms with van der Waals surface area (Å²) in [5.41, 5.74) is -0.379. The van der Waals surface area contributed by atoms with E-state index in [0.717, 1.165) is 18.2 Å². The number of halogens is 3. The Balaban J connectivity index is 0.00000225. The number of anilines is 1. The van der Waals surface area contributed by atoms with Crippen LogP contribution in [0.25, 0.3) is 0 Å². The van der Waals surface area contributed by atoms with Crippen molar-refractivity contribution in [1.29, 1.82) is 0 Å². The summed E-state index contributed by atoms with van der Waals surface area (Å²) < 4.78 is 36.6. The van der Waals surface area contributed by atoms with Crippen LogP contribution < -0.4 is 62.2 Å². The van der Waals surface area contributed by atoms with Gasteiger partial charge in [-0.05, 0) is 18.2 Å². The SMILES string of the molecule is C=CC(=O)Nc1ccc([B-](F)(F)F)cc1.[K+]. The molecule has 0 spiro atoms. The topological polar surface area (TPSA) is 29.1 Å². The van der Waals surface area contributed by atoms with Gasteiger partial charge in [0, 0.05) is 5.69 Å². The summed E-state index contributed by atoms with van der Waals surface area (Å²) in [7, 11) is 0. The second-order valence-electron chi connectivity index (χ2n) is 2.89. The molecule has 16 heavy (non-hydrogen) atoms. The first-order chi connectivity index (χ1) is 6.93. The van der Waals surface area contributed by atoms with Crippen LogP contribution in [0.3, 0.4) is 0 Å².